The van der Waals surface area contributed by atoms with E-state index >= 15 is 0 Å². The Morgan fingerprint density at radius 3 is 2.12 bits per heavy atom. The predicted octanol–water partition coefficient (Wildman–Crippen LogP) is 0.579. The van der Waals surface area contributed by atoms with Crippen molar-refractivity contribution in [3.05, 3.63) is 0 Å². The van der Waals surface area contributed by atoms with Crippen molar-refractivity contribution in [2.24, 2.45) is 17.8 Å². The highest BCUT2D eigenvalue weighted by atomic mass is 16.2. The summed E-state index contributed by atoms with van der Waals surface area (Å²) in [4.78, 5) is 26.6. The molecule has 2 rings (SSSR count). The predicted molar refractivity (Wildman–Crippen MR) is 60.7 cm³/mol. The van der Waals surface area contributed by atoms with Crippen LogP contribution in [-0.4, -0.2) is 49.3 Å². The number of carbonyl (C=O) groups excluding carboxylic acids is 2. The Kier molecular flexibility index (Phi) is 2.91. The van der Waals surface area contributed by atoms with Gasteiger partial charge in [0.1, 0.15) is 0 Å². The maximum atomic E-state index is 12.0. The van der Waals surface area contributed by atoms with Crippen LogP contribution in [0.5, 0.6) is 0 Å². The van der Waals surface area contributed by atoms with Crippen molar-refractivity contribution in [3.8, 4) is 0 Å². The molecule has 90 valence electrons. The summed E-state index contributed by atoms with van der Waals surface area (Å²) < 4.78 is 0. The van der Waals surface area contributed by atoms with E-state index in [2.05, 4.69) is 0 Å². The van der Waals surface area contributed by atoms with Gasteiger partial charge in [-0.05, 0) is 31.1 Å². The summed E-state index contributed by atoms with van der Waals surface area (Å²) >= 11 is 0. The summed E-state index contributed by atoms with van der Waals surface area (Å²) in [6, 6.07) is 0. The third-order valence-corrected chi connectivity index (χ3v) is 3.84. The molecule has 0 aromatic heterocycles. The first kappa shape index (κ1) is 11.4. The Balaban J connectivity index is 1.82. The molecule has 2 amide bonds. The number of likely N-dealkylation sites (N-methyl/N-ethyl adjacent to an activating group) is 2. The van der Waals surface area contributed by atoms with Crippen LogP contribution in [0.4, 0.5) is 0 Å². The highest BCUT2D eigenvalue weighted by molar-refractivity contribution is 5.85. The molecule has 0 aliphatic heterocycles. The molecule has 2 aliphatic rings. The SMILES string of the molecule is CN(C)C(=O)CN(C)C(=O)C1CC2CC2C1. The molecule has 2 unspecified atom stereocenters. The van der Waals surface area contributed by atoms with Gasteiger partial charge in [-0.1, -0.05) is 0 Å². The van der Waals surface area contributed by atoms with E-state index in [-0.39, 0.29) is 24.3 Å². The van der Waals surface area contributed by atoms with Gasteiger partial charge in [-0.25, -0.2) is 0 Å². The van der Waals surface area contributed by atoms with Gasteiger partial charge < -0.3 is 9.80 Å². The van der Waals surface area contributed by atoms with Crippen LogP contribution < -0.4 is 0 Å². The van der Waals surface area contributed by atoms with Crippen LogP contribution in [0.25, 0.3) is 0 Å². The molecule has 2 saturated carbocycles. The zero-order valence-electron chi connectivity index (χ0n) is 10.3. The van der Waals surface area contributed by atoms with Crippen molar-refractivity contribution in [2.75, 3.05) is 27.7 Å². The molecule has 0 saturated heterocycles. The first-order valence-electron chi connectivity index (χ1n) is 5.94. The number of hydrogen-bond donors (Lipinski definition) is 0. The second-order valence-electron chi connectivity index (χ2n) is 5.41. The molecule has 0 aromatic carbocycles. The van der Waals surface area contributed by atoms with E-state index in [0.717, 1.165) is 24.7 Å². The number of amides is 2. The zero-order chi connectivity index (χ0) is 11.9. The lowest BCUT2D eigenvalue weighted by Gasteiger charge is -2.22. The molecule has 2 atom stereocenters. The monoisotopic (exact) mass is 224 g/mol. The van der Waals surface area contributed by atoms with Crippen LogP contribution in [0.1, 0.15) is 19.3 Å². The van der Waals surface area contributed by atoms with Crippen LogP contribution in [0, 0.1) is 17.8 Å². The summed E-state index contributed by atoms with van der Waals surface area (Å²) in [6.45, 7) is 0.206. The van der Waals surface area contributed by atoms with Gasteiger partial charge in [-0.2, -0.15) is 0 Å². The van der Waals surface area contributed by atoms with E-state index < -0.39 is 0 Å². The first-order chi connectivity index (χ1) is 7.49. The standard InChI is InChI=1S/C12H20N2O2/c1-13(2)11(15)7-14(3)12(16)10-5-8-4-9(8)6-10/h8-10H,4-7H2,1-3H3. The fourth-order valence-electron chi connectivity index (χ4n) is 2.65. The Morgan fingerprint density at radius 1 is 1.06 bits per heavy atom. The Morgan fingerprint density at radius 2 is 1.62 bits per heavy atom. The average molecular weight is 224 g/mol. The Bertz CT molecular complexity index is 304. The molecular formula is C12H20N2O2. The highest BCUT2D eigenvalue weighted by Crippen LogP contribution is 2.54. The van der Waals surface area contributed by atoms with E-state index in [1.165, 1.54) is 11.3 Å². The molecule has 2 aliphatic carbocycles. The molecule has 0 heterocycles. The van der Waals surface area contributed by atoms with Gasteiger partial charge in [0.05, 0.1) is 6.54 Å². The molecule has 0 N–H and O–H groups in total. The number of fused-ring (bicyclic) bond motifs is 1. The minimum atomic E-state index is -0.0148. The number of hydrogen-bond acceptors (Lipinski definition) is 2. The molecule has 4 nitrogen and oxygen atoms in total. The third-order valence-electron chi connectivity index (χ3n) is 3.84. The van der Waals surface area contributed by atoms with Crippen molar-refractivity contribution in [1.29, 1.82) is 0 Å². The van der Waals surface area contributed by atoms with Gasteiger partial charge in [0.15, 0.2) is 0 Å². The first-order valence-corrected chi connectivity index (χ1v) is 5.94. The fraction of sp³-hybridized carbons (Fsp3) is 0.833. The molecule has 0 spiro atoms. The lowest BCUT2D eigenvalue weighted by atomic mass is 10.0. The lowest BCUT2D eigenvalue weighted by molar-refractivity contribution is -0.140. The summed E-state index contributed by atoms with van der Waals surface area (Å²) in [5.41, 5.74) is 0. The normalized spacial score (nSPS) is 30.8. The van der Waals surface area contributed by atoms with Crippen LogP contribution in [0.15, 0.2) is 0 Å². The molecule has 0 aromatic rings. The summed E-state index contributed by atoms with van der Waals surface area (Å²) in [7, 11) is 5.16. The van der Waals surface area contributed by atoms with Crippen molar-refractivity contribution in [1.82, 2.24) is 9.80 Å². The van der Waals surface area contributed by atoms with E-state index in [0.29, 0.717) is 0 Å². The van der Waals surface area contributed by atoms with Gasteiger partial charge in [0.2, 0.25) is 11.8 Å². The minimum Gasteiger partial charge on any atom is -0.347 e. The number of carbonyl (C=O) groups is 2. The van der Waals surface area contributed by atoms with Crippen LogP contribution in [-0.2, 0) is 9.59 Å². The van der Waals surface area contributed by atoms with Gasteiger partial charge in [-0.3, -0.25) is 9.59 Å². The van der Waals surface area contributed by atoms with Crippen molar-refractivity contribution < 1.29 is 9.59 Å². The van der Waals surface area contributed by atoms with Crippen molar-refractivity contribution in [3.63, 3.8) is 0 Å². The van der Waals surface area contributed by atoms with E-state index in [1.54, 1.807) is 26.0 Å². The molecular weight excluding hydrogens is 204 g/mol. The van der Waals surface area contributed by atoms with Crippen LogP contribution in [0.2, 0.25) is 0 Å². The van der Waals surface area contributed by atoms with E-state index in [9.17, 15) is 9.59 Å². The van der Waals surface area contributed by atoms with E-state index in [4.69, 9.17) is 0 Å². The molecule has 2 fully saturated rings. The van der Waals surface area contributed by atoms with Gasteiger partial charge in [0, 0.05) is 27.1 Å². The van der Waals surface area contributed by atoms with Gasteiger partial charge in [-0.15, -0.1) is 0 Å². The second-order valence-corrected chi connectivity index (χ2v) is 5.41. The fourth-order valence-corrected chi connectivity index (χ4v) is 2.65. The molecule has 0 bridgehead atoms. The number of nitrogens with zero attached hydrogens (tertiary/aromatic N) is 2. The molecule has 4 heteroatoms. The largest absolute Gasteiger partial charge is 0.347 e. The summed E-state index contributed by atoms with van der Waals surface area (Å²) in [5, 5.41) is 0. The average Bonchev–Trinajstić information content (AvgIpc) is 2.84. The molecule has 16 heavy (non-hydrogen) atoms. The second kappa shape index (κ2) is 4.07. The quantitative estimate of drug-likeness (QED) is 0.703. The van der Waals surface area contributed by atoms with Gasteiger partial charge in [0.25, 0.3) is 0 Å². The van der Waals surface area contributed by atoms with Crippen LogP contribution >= 0.6 is 0 Å². The third kappa shape index (κ3) is 2.20. The summed E-state index contributed by atoms with van der Waals surface area (Å²) in [6.07, 6.45) is 3.41. The van der Waals surface area contributed by atoms with E-state index in [1.807, 2.05) is 0 Å². The van der Waals surface area contributed by atoms with Crippen molar-refractivity contribution in [2.45, 2.75) is 19.3 Å². The Hall–Kier alpha value is -1.06. The maximum absolute atomic E-state index is 12.0. The smallest absolute Gasteiger partial charge is 0.241 e. The van der Waals surface area contributed by atoms with Gasteiger partial charge >= 0.3 is 0 Å². The topological polar surface area (TPSA) is 40.6 Å². The number of rotatable bonds is 3. The maximum Gasteiger partial charge on any atom is 0.241 e. The van der Waals surface area contributed by atoms with Crippen LogP contribution in [0.3, 0.4) is 0 Å². The summed E-state index contributed by atoms with van der Waals surface area (Å²) in [5.74, 6) is 1.95. The molecule has 0 radical (unpaired) electrons. The Labute approximate surface area is 96.6 Å². The highest BCUT2D eigenvalue weighted by Gasteiger charge is 2.48. The van der Waals surface area contributed by atoms with Crippen molar-refractivity contribution >= 4 is 11.8 Å². The lowest BCUT2D eigenvalue weighted by Crippen LogP contribution is -2.40. The zero-order valence-corrected chi connectivity index (χ0v) is 10.3. The minimum absolute atomic E-state index is 0.0148.